The summed E-state index contributed by atoms with van der Waals surface area (Å²) in [5, 5.41) is 8.96. The molecule has 76 valence electrons. The van der Waals surface area contributed by atoms with Gasteiger partial charge in [-0.3, -0.25) is 0 Å². The van der Waals surface area contributed by atoms with Crippen molar-refractivity contribution in [3.8, 4) is 0 Å². The zero-order valence-corrected chi connectivity index (χ0v) is 9.10. The van der Waals surface area contributed by atoms with E-state index in [0.717, 1.165) is 17.2 Å². The van der Waals surface area contributed by atoms with Gasteiger partial charge in [-0.2, -0.15) is 0 Å². The van der Waals surface area contributed by atoms with Crippen LogP contribution in [0.25, 0.3) is 6.08 Å². The van der Waals surface area contributed by atoms with Gasteiger partial charge in [0.05, 0.1) is 0 Å². The molecule has 0 fully saturated rings. The smallest absolute Gasteiger partial charge is 0.328 e. The van der Waals surface area contributed by atoms with Gasteiger partial charge in [0.15, 0.2) is 0 Å². The molecule has 4 heteroatoms. The van der Waals surface area contributed by atoms with E-state index in [1.165, 1.54) is 6.08 Å². The first-order valence-electron chi connectivity index (χ1n) is 3.77. The molecule has 0 saturated carbocycles. The third-order valence-corrected chi connectivity index (χ3v) is 1.89. The van der Waals surface area contributed by atoms with Crippen LogP contribution in [0.4, 0.5) is 0 Å². The molecule has 0 saturated heterocycles. The Kier molecular flexibility index (Phi) is 5.28. The largest absolute Gasteiger partial charge is 0.478 e. The average Bonchev–Trinajstić information content (AvgIpc) is 2.02. The highest BCUT2D eigenvalue weighted by Gasteiger charge is 1.96. The highest BCUT2D eigenvalue weighted by atomic mass is 35.5. The zero-order valence-electron chi connectivity index (χ0n) is 7.53. The number of rotatable bonds is 2. The minimum atomic E-state index is -0.975. The van der Waals surface area contributed by atoms with E-state index in [0.29, 0.717) is 5.02 Å². The third kappa shape index (κ3) is 3.81. The Morgan fingerprint density at radius 2 is 2.14 bits per heavy atom. The summed E-state index contributed by atoms with van der Waals surface area (Å²) in [5.41, 5.74) is 1.77. The average molecular weight is 233 g/mol. The number of hydrogen-bond acceptors (Lipinski definition) is 1. The molecule has 0 spiro atoms. The van der Waals surface area contributed by atoms with Crippen molar-refractivity contribution in [1.82, 2.24) is 0 Å². The summed E-state index contributed by atoms with van der Waals surface area (Å²) in [5.74, 6) is -0.975. The Balaban J connectivity index is 0.00000169. The lowest BCUT2D eigenvalue weighted by atomic mass is 10.1. The van der Waals surface area contributed by atoms with Crippen molar-refractivity contribution in [3.05, 3.63) is 40.4 Å². The molecule has 0 atom stereocenters. The van der Waals surface area contributed by atoms with Crippen LogP contribution in [-0.2, 0) is 4.79 Å². The molecule has 0 aliphatic carbocycles. The summed E-state index contributed by atoms with van der Waals surface area (Å²) in [6.07, 6.45) is 2.54. The Morgan fingerprint density at radius 3 is 2.64 bits per heavy atom. The van der Waals surface area contributed by atoms with Gasteiger partial charge in [0.2, 0.25) is 0 Å². The molecule has 0 unspecified atom stereocenters. The second kappa shape index (κ2) is 5.68. The minimum absolute atomic E-state index is 0. The van der Waals surface area contributed by atoms with Gasteiger partial charge in [0.1, 0.15) is 0 Å². The SMILES string of the molecule is Cc1ccc(C=CC(=O)O)c(Cl)c1.Cl. The molecule has 1 rings (SSSR count). The number of carboxylic acid groups (broad SMARTS) is 1. The molecular weight excluding hydrogens is 223 g/mol. The van der Waals surface area contributed by atoms with Crippen molar-refractivity contribution in [2.24, 2.45) is 0 Å². The van der Waals surface area contributed by atoms with Gasteiger partial charge in [-0.25, -0.2) is 4.79 Å². The molecule has 0 aromatic heterocycles. The van der Waals surface area contributed by atoms with E-state index in [2.05, 4.69) is 0 Å². The molecule has 0 radical (unpaired) electrons. The van der Waals surface area contributed by atoms with Crippen LogP contribution in [0.2, 0.25) is 5.02 Å². The molecule has 0 heterocycles. The molecule has 0 aliphatic rings. The van der Waals surface area contributed by atoms with Crippen molar-refractivity contribution >= 4 is 36.1 Å². The van der Waals surface area contributed by atoms with Gasteiger partial charge in [-0.05, 0) is 30.2 Å². The first kappa shape index (κ1) is 13.0. The molecule has 0 bridgehead atoms. The van der Waals surface area contributed by atoms with Crippen LogP contribution in [0.15, 0.2) is 24.3 Å². The summed E-state index contributed by atoms with van der Waals surface area (Å²) in [4.78, 5) is 10.2. The van der Waals surface area contributed by atoms with Crippen LogP contribution < -0.4 is 0 Å². The third-order valence-electron chi connectivity index (χ3n) is 1.56. The van der Waals surface area contributed by atoms with E-state index < -0.39 is 5.97 Å². The van der Waals surface area contributed by atoms with Gasteiger partial charge < -0.3 is 5.11 Å². The van der Waals surface area contributed by atoms with Crippen molar-refractivity contribution in [2.45, 2.75) is 6.92 Å². The van der Waals surface area contributed by atoms with Gasteiger partial charge in [0, 0.05) is 11.1 Å². The van der Waals surface area contributed by atoms with Crippen molar-refractivity contribution in [1.29, 1.82) is 0 Å². The standard InChI is InChI=1S/C10H9ClO2.ClH/c1-7-2-3-8(9(11)6-7)4-5-10(12)13;/h2-6H,1H3,(H,12,13);1H. The molecule has 2 nitrogen and oxygen atoms in total. The van der Waals surface area contributed by atoms with E-state index in [9.17, 15) is 4.79 Å². The monoisotopic (exact) mass is 232 g/mol. The number of hydrogen-bond donors (Lipinski definition) is 1. The van der Waals surface area contributed by atoms with Gasteiger partial charge in [-0.1, -0.05) is 23.7 Å². The van der Waals surface area contributed by atoms with Crippen LogP contribution in [0.5, 0.6) is 0 Å². The van der Waals surface area contributed by atoms with Crippen molar-refractivity contribution < 1.29 is 9.90 Å². The maximum absolute atomic E-state index is 10.2. The molecule has 1 aromatic rings. The van der Waals surface area contributed by atoms with Gasteiger partial charge >= 0.3 is 5.97 Å². The summed E-state index contributed by atoms with van der Waals surface area (Å²) in [6.45, 7) is 1.93. The molecule has 0 amide bonds. The lowest BCUT2D eigenvalue weighted by molar-refractivity contribution is -0.131. The van der Waals surface area contributed by atoms with Gasteiger partial charge in [0.25, 0.3) is 0 Å². The highest BCUT2D eigenvalue weighted by Crippen LogP contribution is 2.18. The lowest BCUT2D eigenvalue weighted by Crippen LogP contribution is -1.86. The van der Waals surface area contributed by atoms with E-state index in [-0.39, 0.29) is 12.4 Å². The fraction of sp³-hybridized carbons (Fsp3) is 0.100. The zero-order chi connectivity index (χ0) is 9.84. The fourth-order valence-corrected chi connectivity index (χ4v) is 1.23. The van der Waals surface area contributed by atoms with Crippen LogP contribution in [-0.4, -0.2) is 11.1 Å². The van der Waals surface area contributed by atoms with E-state index in [1.807, 2.05) is 13.0 Å². The molecule has 14 heavy (non-hydrogen) atoms. The molecule has 0 aliphatic heterocycles. The maximum Gasteiger partial charge on any atom is 0.328 e. The first-order valence-corrected chi connectivity index (χ1v) is 4.14. The Morgan fingerprint density at radius 1 is 1.50 bits per heavy atom. The number of halogens is 2. The summed E-state index contributed by atoms with van der Waals surface area (Å²) >= 11 is 5.87. The molecule has 1 aromatic carbocycles. The number of carboxylic acids is 1. The topological polar surface area (TPSA) is 37.3 Å². The van der Waals surface area contributed by atoms with Crippen LogP contribution in [0.3, 0.4) is 0 Å². The van der Waals surface area contributed by atoms with Crippen LogP contribution >= 0.6 is 24.0 Å². The van der Waals surface area contributed by atoms with Crippen LogP contribution in [0.1, 0.15) is 11.1 Å². The number of carbonyl (C=O) groups is 1. The van der Waals surface area contributed by atoms with Crippen molar-refractivity contribution in [2.75, 3.05) is 0 Å². The summed E-state index contributed by atoms with van der Waals surface area (Å²) in [6, 6.07) is 5.47. The van der Waals surface area contributed by atoms with Crippen molar-refractivity contribution in [3.63, 3.8) is 0 Å². The van der Waals surface area contributed by atoms with Gasteiger partial charge in [-0.15, -0.1) is 12.4 Å². The fourth-order valence-electron chi connectivity index (χ4n) is 0.928. The van der Waals surface area contributed by atoms with E-state index in [4.69, 9.17) is 16.7 Å². The second-order valence-electron chi connectivity index (χ2n) is 2.70. The predicted octanol–water partition coefficient (Wildman–Crippen LogP) is 3.17. The quantitative estimate of drug-likeness (QED) is 0.796. The Hall–Kier alpha value is -0.990. The molecular formula is C10H10Cl2O2. The second-order valence-corrected chi connectivity index (χ2v) is 3.10. The van der Waals surface area contributed by atoms with Crippen LogP contribution in [0, 0.1) is 6.92 Å². The first-order chi connectivity index (χ1) is 6.09. The summed E-state index contributed by atoms with van der Waals surface area (Å²) in [7, 11) is 0. The Labute approximate surface area is 93.6 Å². The maximum atomic E-state index is 10.2. The molecule has 1 N–H and O–H groups in total. The normalized spacial score (nSPS) is 9.86. The minimum Gasteiger partial charge on any atom is -0.478 e. The number of aliphatic carboxylic acids is 1. The highest BCUT2D eigenvalue weighted by molar-refractivity contribution is 6.32. The lowest BCUT2D eigenvalue weighted by Gasteiger charge is -1.98. The predicted molar refractivity (Wildman–Crippen MR) is 60.1 cm³/mol. The summed E-state index contributed by atoms with van der Waals surface area (Å²) < 4.78 is 0. The number of aryl methyl sites for hydroxylation is 1. The number of benzene rings is 1. The van der Waals surface area contributed by atoms with E-state index in [1.54, 1.807) is 12.1 Å². The Bertz CT molecular complexity index is 359. The van der Waals surface area contributed by atoms with E-state index >= 15 is 0 Å².